The van der Waals surface area contributed by atoms with E-state index in [1.165, 1.54) is 26.2 Å². The minimum absolute atomic E-state index is 0.0322. The normalized spacial score (nSPS) is 11.5. The molecule has 0 atom stereocenters. The topological polar surface area (TPSA) is 109 Å². The number of nitrogens with one attached hydrogen (secondary N) is 1. The van der Waals surface area contributed by atoms with Crippen molar-refractivity contribution >= 4 is 39.1 Å². The lowest BCUT2D eigenvalue weighted by Gasteiger charge is -2.20. The Bertz CT molecular complexity index is 1180. The molecule has 0 radical (unpaired) electrons. The number of hydrogen-bond acceptors (Lipinski definition) is 8. The van der Waals surface area contributed by atoms with E-state index in [0.717, 1.165) is 21.6 Å². The van der Waals surface area contributed by atoms with Gasteiger partial charge in [-0.25, -0.2) is 12.7 Å². The van der Waals surface area contributed by atoms with Gasteiger partial charge >= 0.3 is 0 Å². The van der Waals surface area contributed by atoms with Gasteiger partial charge in [0.25, 0.3) is 5.22 Å². The Balaban J connectivity index is 1.67. The summed E-state index contributed by atoms with van der Waals surface area (Å²) in [4.78, 5) is 14.4. The number of sulfonamides is 1. The SMILES string of the molecule is CN(C)c1ccc(S(=O)(=O)N(C)C)cc1NC(=O)CSc1nnc(Cc2ccccc2)o1. The van der Waals surface area contributed by atoms with Crippen molar-refractivity contribution in [1.82, 2.24) is 14.5 Å². The van der Waals surface area contributed by atoms with Crippen LogP contribution in [0.4, 0.5) is 11.4 Å². The Hall–Kier alpha value is -2.89. The first kappa shape index (κ1) is 23.8. The van der Waals surface area contributed by atoms with Gasteiger partial charge in [0.05, 0.1) is 28.4 Å². The van der Waals surface area contributed by atoms with E-state index in [-0.39, 0.29) is 16.6 Å². The molecule has 3 rings (SSSR count). The zero-order chi connectivity index (χ0) is 23.3. The molecule has 0 aliphatic rings. The number of carbonyl (C=O) groups is 1. The van der Waals surface area contributed by atoms with Crippen LogP contribution in [0.15, 0.2) is 63.1 Å². The fraction of sp³-hybridized carbons (Fsp3) is 0.286. The monoisotopic (exact) mass is 475 g/mol. The van der Waals surface area contributed by atoms with Crippen molar-refractivity contribution < 1.29 is 17.6 Å². The molecule has 0 spiro atoms. The summed E-state index contributed by atoms with van der Waals surface area (Å²) in [7, 11) is 2.91. The summed E-state index contributed by atoms with van der Waals surface area (Å²) in [5.74, 6) is 0.181. The molecule has 32 heavy (non-hydrogen) atoms. The molecule has 0 fully saturated rings. The molecule has 1 aromatic heterocycles. The van der Waals surface area contributed by atoms with Crippen LogP contribution < -0.4 is 10.2 Å². The summed E-state index contributed by atoms with van der Waals surface area (Å²) in [5, 5.41) is 11.1. The van der Waals surface area contributed by atoms with Crippen LogP contribution in [0.5, 0.6) is 0 Å². The molecule has 0 aliphatic heterocycles. The zero-order valence-corrected chi connectivity index (χ0v) is 19.9. The maximum Gasteiger partial charge on any atom is 0.277 e. The summed E-state index contributed by atoms with van der Waals surface area (Å²) >= 11 is 1.12. The van der Waals surface area contributed by atoms with Gasteiger partial charge in [-0.3, -0.25) is 4.79 Å². The molecule has 11 heteroatoms. The van der Waals surface area contributed by atoms with Gasteiger partial charge < -0.3 is 14.6 Å². The van der Waals surface area contributed by atoms with E-state index in [1.807, 2.05) is 44.4 Å². The van der Waals surface area contributed by atoms with E-state index in [9.17, 15) is 13.2 Å². The molecule has 0 saturated carbocycles. The number of benzene rings is 2. The van der Waals surface area contributed by atoms with Gasteiger partial charge in [-0.05, 0) is 23.8 Å². The summed E-state index contributed by atoms with van der Waals surface area (Å²) in [6, 6.07) is 14.4. The van der Waals surface area contributed by atoms with Crippen molar-refractivity contribution in [2.75, 3.05) is 44.2 Å². The Kier molecular flexibility index (Phi) is 7.54. The minimum atomic E-state index is -3.63. The lowest BCUT2D eigenvalue weighted by atomic mass is 10.2. The van der Waals surface area contributed by atoms with Crippen molar-refractivity contribution in [3.8, 4) is 0 Å². The summed E-state index contributed by atoms with van der Waals surface area (Å²) < 4.78 is 31.7. The van der Waals surface area contributed by atoms with Crippen LogP contribution in [-0.4, -0.2) is 62.8 Å². The number of nitrogens with zero attached hydrogens (tertiary/aromatic N) is 4. The van der Waals surface area contributed by atoms with E-state index in [4.69, 9.17) is 4.42 Å². The van der Waals surface area contributed by atoms with Gasteiger partial charge in [-0.2, -0.15) is 0 Å². The molecule has 1 amide bonds. The fourth-order valence-corrected chi connectivity index (χ4v) is 4.34. The van der Waals surface area contributed by atoms with Crippen molar-refractivity contribution in [1.29, 1.82) is 0 Å². The van der Waals surface area contributed by atoms with Gasteiger partial charge in [-0.1, -0.05) is 42.1 Å². The van der Waals surface area contributed by atoms with Crippen LogP contribution in [0.25, 0.3) is 0 Å². The van der Waals surface area contributed by atoms with Crippen molar-refractivity contribution in [2.24, 2.45) is 0 Å². The van der Waals surface area contributed by atoms with E-state index in [2.05, 4.69) is 15.5 Å². The molecular weight excluding hydrogens is 450 g/mol. The lowest BCUT2D eigenvalue weighted by molar-refractivity contribution is -0.113. The van der Waals surface area contributed by atoms with Crippen LogP contribution in [-0.2, 0) is 21.2 Å². The highest BCUT2D eigenvalue weighted by Crippen LogP contribution is 2.29. The number of amides is 1. The zero-order valence-electron chi connectivity index (χ0n) is 18.3. The molecule has 3 aromatic rings. The molecule has 170 valence electrons. The molecule has 1 N–H and O–H groups in total. The van der Waals surface area contributed by atoms with Crippen LogP contribution in [0, 0.1) is 0 Å². The highest BCUT2D eigenvalue weighted by molar-refractivity contribution is 7.99. The second-order valence-corrected chi connectivity index (χ2v) is 10.4. The third kappa shape index (κ3) is 5.87. The molecule has 0 aliphatic carbocycles. The number of aromatic nitrogens is 2. The Morgan fingerprint density at radius 3 is 2.44 bits per heavy atom. The highest BCUT2D eigenvalue weighted by Gasteiger charge is 2.20. The van der Waals surface area contributed by atoms with E-state index >= 15 is 0 Å². The van der Waals surface area contributed by atoms with Crippen LogP contribution >= 0.6 is 11.8 Å². The van der Waals surface area contributed by atoms with E-state index < -0.39 is 10.0 Å². The molecule has 2 aromatic carbocycles. The lowest BCUT2D eigenvalue weighted by Crippen LogP contribution is -2.23. The van der Waals surface area contributed by atoms with Crippen molar-refractivity contribution in [3.05, 3.63) is 60.0 Å². The third-order valence-electron chi connectivity index (χ3n) is 4.48. The standard InChI is InChI=1S/C21H25N5O4S2/c1-25(2)18-11-10-16(32(28,29)26(3)4)13-17(18)22-19(27)14-31-21-24-23-20(30-21)12-15-8-6-5-7-9-15/h5-11,13H,12,14H2,1-4H3,(H,22,27). The fourth-order valence-electron chi connectivity index (χ4n) is 2.83. The largest absolute Gasteiger partial charge is 0.416 e. The summed E-state index contributed by atoms with van der Waals surface area (Å²) in [5.41, 5.74) is 2.14. The van der Waals surface area contributed by atoms with Crippen LogP contribution in [0.1, 0.15) is 11.5 Å². The molecule has 0 unspecified atom stereocenters. The number of thioether (sulfide) groups is 1. The van der Waals surface area contributed by atoms with E-state index in [0.29, 0.717) is 28.9 Å². The maximum absolute atomic E-state index is 12.6. The van der Waals surface area contributed by atoms with Gasteiger partial charge in [-0.15, -0.1) is 10.2 Å². The van der Waals surface area contributed by atoms with Crippen LogP contribution in [0.3, 0.4) is 0 Å². The number of hydrogen-bond donors (Lipinski definition) is 1. The average Bonchev–Trinajstić information content (AvgIpc) is 3.20. The molecule has 9 nitrogen and oxygen atoms in total. The third-order valence-corrected chi connectivity index (χ3v) is 7.11. The second kappa shape index (κ2) is 10.2. The van der Waals surface area contributed by atoms with Gasteiger partial charge in [0.15, 0.2) is 0 Å². The average molecular weight is 476 g/mol. The Labute approximate surface area is 191 Å². The first-order valence-electron chi connectivity index (χ1n) is 9.69. The predicted molar refractivity (Wildman–Crippen MR) is 125 cm³/mol. The second-order valence-electron chi connectivity index (χ2n) is 7.32. The highest BCUT2D eigenvalue weighted by atomic mass is 32.2. The van der Waals surface area contributed by atoms with Gasteiger partial charge in [0.1, 0.15) is 0 Å². The summed E-state index contributed by atoms with van der Waals surface area (Å²) in [6.45, 7) is 0. The van der Waals surface area contributed by atoms with Gasteiger partial charge in [0, 0.05) is 28.2 Å². The van der Waals surface area contributed by atoms with Gasteiger partial charge in [0.2, 0.25) is 21.8 Å². The Morgan fingerprint density at radius 1 is 1.06 bits per heavy atom. The smallest absolute Gasteiger partial charge is 0.277 e. The number of carbonyl (C=O) groups excluding carboxylic acids is 1. The molecule has 1 heterocycles. The van der Waals surface area contributed by atoms with E-state index in [1.54, 1.807) is 11.0 Å². The number of anilines is 2. The first-order valence-corrected chi connectivity index (χ1v) is 12.1. The van der Waals surface area contributed by atoms with Crippen molar-refractivity contribution in [2.45, 2.75) is 16.5 Å². The van der Waals surface area contributed by atoms with Crippen LogP contribution in [0.2, 0.25) is 0 Å². The molecule has 0 bridgehead atoms. The number of rotatable bonds is 9. The van der Waals surface area contributed by atoms with Crippen molar-refractivity contribution in [3.63, 3.8) is 0 Å². The summed E-state index contributed by atoms with van der Waals surface area (Å²) in [6.07, 6.45) is 0.514. The minimum Gasteiger partial charge on any atom is -0.416 e. The molecular formula is C21H25N5O4S2. The predicted octanol–water partition coefficient (Wildman–Crippen LogP) is 2.71. The first-order chi connectivity index (χ1) is 15.2. The molecule has 0 saturated heterocycles. The quantitative estimate of drug-likeness (QED) is 0.471. The maximum atomic E-state index is 12.6. The Morgan fingerprint density at radius 2 is 1.78 bits per heavy atom.